The van der Waals surface area contributed by atoms with E-state index in [9.17, 15) is 28.2 Å². The number of halogens is 5. The maximum Gasteiger partial charge on any atom is 0.453 e. The maximum absolute atomic E-state index is 13.8. The molecule has 2 N–H and O–H groups in total. The molecule has 2 fully saturated rings. The van der Waals surface area contributed by atoms with Gasteiger partial charge in [0.05, 0.1) is 27.7 Å². The molecule has 2 aliphatic rings. The van der Waals surface area contributed by atoms with Gasteiger partial charge in [0, 0.05) is 42.1 Å². The lowest BCUT2D eigenvalue weighted by Crippen LogP contribution is -2.44. The van der Waals surface area contributed by atoms with E-state index in [0.717, 1.165) is 37.2 Å². The average molecular weight is 619 g/mol. The summed E-state index contributed by atoms with van der Waals surface area (Å²) in [5, 5.41) is 23.6. The average Bonchev–Trinajstić information content (AvgIpc) is 3.35. The van der Waals surface area contributed by atoms with Gasteiger partial charge in [0.2, 0.25) is 5.76 Å². The van der Waals surface area contributed by atoms with Crippen LogP contribution in [0.1, 0.15) is 53.1 Å². The number of aliphatic hydroxyl groups excluding tert-OH is 1. The minimum absolute atomic E-state index is 0.0188. The minimum Gasteiger partial charge on any atom is -0.477 e. The predicted molar refractivity (Wildman–Crippen MR) is 150 cm³/mol. The van der Waals surface area contributed by atoms with Gasteiger partial charge in [-0.3, -0.25) is 4.98 Å². The van der Waals surface area contributed by atoms with Crippen LogP contribution in [0.15, 0.2) is 46.8 Å². The molecular formula is C29H23Cl2F3N4O4. The Kier molecular flexibility index (Phi) is 7.15. The summed E-state index contributed by atoms with van der Waals surface area (Å²) in [4.78, 5) is 21.6. The molecule has 1 aliphatic carbocycles. The Bertz CT molecular complexity index is 1720. The standard InChI is InChI=1S/C29H23Cl2F3N4O4/c30-20-12-35-13-21(31)24(20)25-19(26(42-37-25)29(32,33)34)7-15-10-28(11-15)3-5-38(6-4-28)17-1-2-22-18(9-17)16(14-39)8-23(36-22)27(40)41/h1-2,7-9,12-13,39H,3-6,10-11,14H2,(H,40,41). The Hall–Kier alpha value is -3.67. The van der Waals surface area contributed by atoms with Gasteiger partial charge in [0.25, 0.3) is 0 Å². The second-order valence-corrected chi connectivity index (χ2v) is 11.5. The number of fused-ring (bicyclic) bond motifs is 1. The Balaban J connectivity index is 1.21. The Morgan fingerprint density at radius 2 is 1.81 bits per heavy atom. The first kappa shape index (κ1) is 28.4. The van der Waals surface area contributed by atoms with E-state index in [1.807, 2.05) is 12.1 Å². The first-order valence-corrected chi connectivity index (χ1v) is 13.8. The van der Waals surface area contributed by atoms with Gasteiger partial charge in [-0.15, -0.1) is 0 Å². The molecule has 0 radical (unpaired) electrons. The lowest BCUT2D eigenvalue weighted by Gasteiger charge is -2.50. The van der Waals surface area contributed by atoms with E-state index in [-0.39, 0.29) is 44.6 Å². The number of allylic oxidation sites excluding steroid dienone is 1. The highest BCUT2D eigenvalue weighted by atomic mass is 35.5. The fourth-order valence-corrected chi connectivity index (χ4v) is 6.53. The molecule has 1 aromatic carbocycles. The monoisotopic (exact) mass is 618 g/mol. The van der Waals surface area contributed by atoms with Crippen LogP contribution in [0.5, 0.6) is 0 Å². The summed E-state index contributed by atoms with van der Waals surface area (Å²) in [5.74, 6) is -2.36. The Morgan fingerprint density at radius 1 is 1.12 bits per heavy atom. The van der Waals surface area contributed by atoms with E-state index < -0.39 is 17.9 Å². The van der Waals surface area contributed by atoms with Crippen molar-refractivity contribution >= 4 is 51.8 Å². The number of aromatic nitrogens is 3. The Morgan fingerprint density at radius 3 is 2.43 bits per heavy atom. The summed E-state index contributed by atoms with van der Waals surface area (Å²) >= 11 is 12.4. The van der Waals surface area contributed by atoms with Crippen molar-refractivity contribution in [2.45, 2.75) is 38.5 Å². The van der Waals surface area contributed by atoms with E-state index in [2.05, 4.69) is 20.0 Å². The molecule has 1 spiro atoms. The molecule has 0 bridgehead atoms. The highest BCUT2D eigenvalue weighted by Crippen LogP contribution is 2.54. The van der Waals surface area contributed by atoms with Gasteiger partial charge < -0.3 is 19.6 Å². The van der Waals surface area contributed by atoms with Gasteiger partial charge >= 0.3 is 12.1 Å². The molecule has 13 heteroatoms. The number of alkyl halides is 3. The minimum atomic E-state index is -4.75. The van der Waals surface area contributed by atoms with E-state index in [1.165, 1.54) is 24.5 Å². The van der Waals surface area contributed by atoms with Crippen LogP contribution >= 0.6 is 23.2 Å². The molecule has 1 saturated heterocycles. The number of anilines is 1. The molecule has 1 saturated carbocycles. The van der Waals surface area contributed by atoms with Gasteiger partial charge in [0.15, 0.2) is 0 Å². The molecule has 6 rings (SSSR count). The van der Waals surface area contributed by atoms with Crippen molar-refractivity contribution in [3.63, 3.8) is 0 Å². The highest BCUT2D eigenvalue weighted by molar-refractivity contribution is 6.39. The quantitative estimate of drug-likeness (QED) is 0.240. The van der Waals surface area contributed by atoms with Crippen LogP contribution in [-0.4, -0.2) is 44.4 Å². The second-order valence-electron chi connectivity index (χ2n) is 10.7. The number of pyridine rings is 2. The van der Waals surface area contributed by atoms with Crippen LogP contribution < -0.4 is 4.90 Å². The molecule has 42 heavy (non-hydrogen) atoms. The number of carbonyl (C=O) groups is 1. The van der Waals surface area contributed by atoms with E-state index in [4.69, 9.17) is 27.7 Å². The molecule has 0 atom stereocenters. The number of nitrogens with zero attached hydrogens (tertiary/aromatic N) is 4. The van der Waals surface area contributed by atoms with Crippen LogP contribution in [0, 0.1) is 5.41 Å². The number of hydrogen-bond acceptors (Lipinski definition) is 7. The predicted octanol–water partition coefficient (Wildman–Crippen LogP) is 7.26. The molecule has 1 aliphatic heterocycles. The number of rotatable bonds is 5. The van der Waals surface area contributed by atoms with Gasteiger partial charge in [0.1, 0.15) is 11.4 Å². The summed E-state index contributed by atoms with van der Waals surface area (Å²) < 4.78 is 46.2. The van der Waals surface area contributed by atoms with Crippen LogP contribution in [0.3, 0.4) is 0 Å². The molecule has 0 amide bonds. The molecule has 0 unspecified atom stereocenters. The zero-order chi connectivity index (χ0) is 29.8. The van der Waals surface area contributed by atoms with Crippen LogP contribution in [0.25, 0.3) is 28.2 Å². The summed E-state index contributed by atoms with van der Waals surface area (Å²) in [5.41, 5.74) is 2.49. The largest absolute Gasteiger partial charge is 0.477 e. The number of carboxylic acid groups (broad SMARTS) is 1. The number of carboxylic acids is 1. The van der Waals surface area contributed by atoms with Crippen molar-refractivity contribution in [3.05, 3.63) is 74.9 Å². The van der Waals surface area contributed by atoms with E-state index in [1.54, 1.807) is 6.07 Å². The van der Waals surface area contributed by atoms with Crippen molar-refractivity contribution < 1.29 is 32.7 Å². The normalized spacial score (nSPS) is 16.6. The third kappa shape index (κ3) is 5.10. The molecule has 4 heterocycles. The molecule has 218 valence electrons. The van der Waals surface area contributed by atoms with Crippen molar-refractivity contribution in [1.29, 1.82) is 0 Å². The summed E-state index contributed by atoms with van der Waals surface area (Å²) in [6.45, 7) is 1.16. The van der Waals surface area contributed by atoms with Gasteiger partial charge in [-0.1, -0.05) is 33.9 Å². The second kappa shape index (κ2) is 10.6. The molecule has 3 aromatic heterocycles. The number of piperidine rings is 1. The first-order chi connectivity index (χ1) is 20.0. The van der Waals surface area contributed by atoms with Crippen molar-refractivity contribution in [1.82, 2.24) is 15.1 Å². The van der Waals surface area contributed by atoms with E-state index in [0.29, 0.717) is 29.3 Å². The van der Waals surface area contributed by atoms with Gasteiger partial charge in [-0.25, -0.2) is 9.78 Å². The smallest absolute Gasteiger partial charge is 0.453 e. The van der Waals surface area contributed by atoms with Crippen molar-refractivity contribution in [2.75, 3.05) is 18.0 Å². The topological polar surface area (TPSA) is 113 Å². The van der Waals surface area contributed by atoms with Crippen LogP contribution in [0.2, 0.25) is 10.0 Å². The SMILES string of the molecule is O=C(O)c1cc(CO)c2cc(N3CCC4(CC3)CC(=Cc3c(-c5c(Cl)cncc5Cl)noc3C(F)(F)F)C4)ccc2n1. The molecule has 4 aromatic rings. The van der Waals surface area contributed by atoms with E-state index >= 15 is 0 Å². The van der Waals surface area contributed by atoms with Crippen LogP contribution in [-0.2, 0) is 12.8 Å². The number of hydrogen-bond donors (Lipinski definition) is 2. The number of aromatic carboxylic acids is 1. The summed E-state index contributed by atoms with van der Waals surface area (Å²) in [6, 6.07) is 6.92. The highest BCUT2D eigenvalue weighted by Gasteiger charge is 2.45. The fourth-order valence-electron chi connectivity index (χ4n) is 5.98. The Labute approximate surface area is 247 Å². The maximum atomic E-state index is 13.8. The molecule has 8 nitrogen and oxygen atoms in total. The van der Waals surface area contributed by atoms with Crippen LogP contribution in [0.4, 0.5) is 18.9 Å². The summed E-state index contributed by atoms with van der Waals surface area (Å²) in [6.07, 6.45) is 2.31. The van der Waals surface area contributed by atoms with Crippen molar-refractivity contribution in [2.24, 2.45) is 5.41 Å². The number of benzene rings is 1. The zero-order valence-corrected chi connectivity index (χ0v) is 23.4. The van der Waals surface area contributed by atoms with Gasteiger partial charge in [-0.2, -0.15) is 13.2 Å². The number of aliphatic hydroxyl groups is 1. The molecular weight excluding hydrogens is 596 g/mol. The first-order valence-electron chi connectivity index (χ1n) is 13.1. The third-order valence-electron chi connectivity index (χ3n) is 8.08. The van der Waals surface area contributed by atoms with Gasteiger partial charge in [-0.05, 0) is 67.0 Å². The summed E-state index contributed by atoms with van der Waals surface area (Å²) in [7, 11) is 0. The van der Waals surface area contributed by atoms with Crippen molar-refractivity contribution in [3.8, 4) is 11.3 Å². The third-order valence-corrected chi connectivity index (χ3v) is 8.66. The lowest BCUT2D eigenvalue weighted by molar-refractivity contribution is -0.155. The lowest BCUT2D eigenvalue weighted by atomic mass is 9.60. The fraction of sp³-hybridized carbons (Fsp3) is 0.310. The zero-order valence-electron chi connectivity index (χ0n) is 21.9.